The van der Waals surface area contributed by atoms with Crippen molar-refractivity contribution < 1.29 is 14.7 Å². The molecule has 2 aliphatic carbocycles. The highest BCUT2D eigenvalue weighted by Gasteiger charge is 2.34. The van der Waals surface area contributed by atoms with E-state index in [1.807, 2.05) is 72.8 Å². The summed E-state index contributed by atoms with van der Waals surface area (Å²) < 4.78 is 1.47. The molecule has 1 amide bonds. The molecule has 2 N–H and O–H groups in total. The first-order valence-electron chi connectivity index (χ1n) is 14.3. The summed E-state index contributed by atoms with van der Waals surface area (Å²) in [4.78, 5) is 38.0. The number of anilines is 1. The van der Waals surface area contributed by atoms with E-state index in [-0.39, 0.29) is 23.3 Å². The average molecular weight is 548 g/mol. The second-order valence-electron chi connectivity index (χ2n) is 11.2. The molecule has 41 heavy (non-hydrogen) atoms. The molecule has 0 aliphatic heterocycles. The number of rotatable bonds is 8. The van der Waals surface area contributed by atoms with Crippen molar-refractivity contribution in [1.29, 1.82) is 0 Å². The molecule has 1 fully saturated rings. The molecule has 0 saturated heterocycles. The monoisotopic (exact) mass is 547 g/mol. The van der Waals surface area contributed by atoms with E-state index in [1.165, 1.54) is 4.68 Å². The molecule has 3 aromatic carbocycles. The molecule has 2 aliphatic rings. The highest BCUT2D eigenvalue weighted by molar-refractivity contribution is 5.97. The van der Waals surface area contributed by atoms with Gasteiger partial charge in [0.15, 0.2) is 0 Å². The van der Waals surface area contributed by atoms with E-state index in [0.717, 1.165) is 64.9 Å². The zero-order chi connectivity index (χ0) is 28.3. The van der Waals surface area contributed by atoms with Crippen LogP contribution in [0.3, 0.4) is 0 Å². The van der Waals surface area contributed by atoms with Crippen molar-refractivity contribution in [2.24, 2.45) is 11.8 Å². The van der Waals surface area contributed by atoms with Crippen LogP contribution >= 0.6 is 0 Å². The van der Waals surface area contributed by atoms with Gasteiger partial charge in [0, 0.05) is 17.3 Å². The zero-order valence-electron chi connectivity index (χ0n) is 22.8. The van der Waals surface area contributed by atoms with Gasteiger partial charge in [-0.1, -0.05) is 79.6 Å². The minimum atomic E-state index is -0.799. The Morgan fingerprint density at radius 1 is 0.902 bits per heavy atom. The fourth-order valence-corrected chi connectivity index (χ4v) is 6.41. The minimum Gasteiger partial charge on any atom is -0.481 e. The van der Waals surface area contributed by atoms with Gasteiger partial charge in [-0.05, 0) is 66.0 Å². The highest BCUT2D eigenvalue weighted by atomic mass is 16.4. The van der Waals surface area contributed by atoms with Gasteiger partial charge in [-0.25, -0.2) is 4.68 Å². The van der Waals surface area contributed by atoms with Gasteiger partial charge >= 0.3 is 5.97 Å². The zero-order valence-corrected chi connectivity index (χ0v) is 22.8. The van der Waals surface area contributed by atoms with Gasteiger partial charge < -0.3 is 10.4 Å². The number of carbonyl (C=O) groups is 2. The lowest BCUT2D eigenvalue weighted by molar-refractivity contribution is -0.141. The number of carboxylic acid groups (broad SMARTS) is 1. The first-order valence-corrected chi connectivity index (χ1v) is 14.3. The molecule has 0 radical (unpaired) electrons. The Morgan fingerprint density at radius 3 is 2.39 bits per heavy atom. The van der Waals surface area contributed by atoms with E-state index in [9.17, 15) is 19.5 Å². The molecule has 2 atom stereocenters. The largest absolute Gasteiger partial charge is 0.481 e. The minimum absolute atomic E-state index is 0.0507. The Balaban J connectivity index is 1.23. The average Bonchev–Trinajstić information content (AvgIpc) is 3.67. The van der Waals surface area contributed by atoms with Gasteiger partial charge in [0.25, 0.3) is 5.56 Å². The SMILES string of the molecule is O=C(O)C1Cc2cccc(NC(=O)C(c3ccc(Cn4nc(-c5ccccc5)ccc4=O)cc3)C3CCCC3)c2C1. The van der Waals surface area contributed by atoms with Crippen molar-refractivity contribution in [2.45, 2.75) is 51.0 Å². The predicted octanol–water partition coefficient (Wildman–Crippen LogP) is 5.67. The number of carboxylic acids is 1. The van der Waals surface area contributed by atoms with Gasteiger partial charge in [0.1, 0.15) is 0 Å². The summed E-state index contributed by atoms with van der Waals surface area (Å²) in [6, 6.07) is 26.7. The second kappa shape index (κ2) is 11.5. The van der Waals surface area contributed by atoms with Gasteiger partial charge in [-0.2, -0.15) is 5.10 Å². The van der Waals surface area contributed by atoms with E-state index in [1.54, 1.807) is 12.1 Å². The first-order chi connectivity index (χ1) is 20.0. The van der Waals surface area contributed by atoms with Gasteiger partial charge in [0.05, 0.1) is 24.1 Å². The number of benzene rings is 3. The third kappa shape index (κ3) is 5.71. The fourth-order valence-electron chi connectivity index (χ4n) is 6.41. The summed E-state index contributed by atoms with van der Waals surface area (Å²) >= 11 is 0. The highest BCUT2D eigenvalue weighted by Crippen LogP contribution is 2.39. The van der Waals surface area contributed by atoms with E-state index in [2.05, 4.69) is 10.4 Å². The van der Waals surface area contributed by atoms with Gasteiger partial charge in [-0.3, -0.25) is 14.4 Å². The summed E-state index contributed by atoms with van der Waals surface area (Å²) in [5, 5.41) is 17.3. The van der Waals surface area contributed by atoms with Gasteiger partial charge in [-0.15, -0.1) is 0 Å². The van der Waals surface area contributed by atoms with Crippen LogP contribution in [0.25, 0.3) is 11.3 Å². The Hall–Kier alpha value is -4.52. The van der Waals surface area contributed by atoms with Gasteiger partial charge in [0.2, 0.25) is 5.91 Å². The summed E-state index contributed by atoms with van der Waals surface area (Å²) in [5.74, 6) is -1.36. The van der Waals surface area contributed by atoms with Crippen LogP contribution in [0.15, 0.2) is 89.7 Å². The number of hydrogen-bond donors (Lipinski definition) is 2. The van der Waals surface area contributed by atoms with Crippen LogP contribution in [-0.4, -0.2) is 26.8 Å². The van der Waals surface area contributed by atoms with Crippen LogP contribution < -0.4 is 10.9 Å². The Morgan fingerprint density at radius 2 is 1.66 bits per heavy atom. The van der Waals surface area contributed by atoms with Crippen molar-refractivity contribution in [3.8, 4) is 11.3 Å². The normalized spacial score (nSPS) is 17.2. The third-order valence-corrected chi connectivity index (χ3v) is 8.56. The van der Waals surface area contributed by atoms with Crippen molar-refractivity contribution in [1.82, 2.24) is 9.78 Å². The number of carbonyl (C=O) groups excluding carboxylic acids is 1. The number of hydrogen-bond acceptors (Lipinski definition) is 4. The summed E-state index contributed by atoms with van der Waals surface area (Å²) in [6.07, 6.45) is 5.15. The number of aliphatic carboxylic acids is 1. The standard InChI is InChI=1S/C34H33N3O4/c38-31-18-17-29(23-7-2-1-3-8-23)36-37(31)21-22-13-15-25(16-14-22)32(24-9-4-5-10-24)33(39)35-30-12-6-11-26-19-27(34(40)41)20-28(26)30/h1-3,6-8,11-18,24,27,32H,4-5,9-10,19-21H2,(H,35,39)(H,40,41). The molecule has 4 aromatic rings. The molecule has 7 heteroatoms. The number of nitrogens with one attached hydrogen (secondary N) is 1. The van der Waals surface area contributed by atoms with Crippen LogP contribution in [0.1, 0.15) is 53.9 Å². The molecule has 7 nitrogen and oxygen atoms in total. The molecule has 6 rings (SSSR count). The predicted molar refractivity (Wildman–Crippen MR) is 158 cm³/mol. The maximum Gasteiger partial charge on any atom is 0.307 e. The Kier molecular flexibility index (Phi) is 7.51. The van der Waals surface area contributed by atoms with E-state index < -0.39 is 11.9 Å². The lowest BCUT2D eigenvalue weighted by Gasteiger charge is -2.24. The van der Waals surface area contributed by atoms with E-state index in [0.29, 0.717) is 19.4 Å². The number of aromatic nitrogens is 2. The van der Waals surface area contributed by atoms with Crippen LogP contribution in [0.5, 0.6) is 0 Å². The molecular formula is C34H33N3O4. The Bertz CT molecular complexity index is 1620. The quantitative estimate of drug-likeness (QED) is 0.296. The number of nitrogens with zero attached hydrogens (tertiary/aromatic N) is 2. The van der Waals surface area contributed by atoms with Crippen molar-refractivity contribution in [3.05, 3.63) is 118 Å². The molecule has 0 spiro atoms. The fraction of sp³-hybridized carbons (Fsp3) is 0.294. The number of amides is 1. The molecule has 1 aromatic heterocycles. The first kappa shape index (κ1) is 26.7. The maximum atomic E-state index is 13.8. The lowest BCUT2D eigenvalue weighted by atomic mass is 9.83. The lowest BCUT2D eigenvalue weighted by Crippen LogP contribution is -2.27. The van der Waals surface area contributed by atoms with Crippen LogP contribution in [0.2, 0.25) is 0 Å². The summed E-state index contributed by atoms with van der Waals surface area (Å²) in [6.45, 7) is 0.334. The topological polar surface area (TPSA) is 101 Å². The van der Waals surface area contributed by atoms with Crippen LogP contribution in [0, 0.1) is 11.8 Å². The van der Waals surface area contributed by atoms with E-state index >= 15 is 0 Å². The molecule has 0 bridgehead atoms. The second-order valence-corrected chi connectivity index (χ2v) is 11.2. The van der Waals surface area contributed by atoms with Crippen LogP contribution in [0.4, 0.5) is 5.69 Å². The molecule has 208 valence electrons. The van der Waals surface area contributed by atoms with Crippen molar-refractivity contribution >= 4 is 17.6 Å². The third-order valence-electron chi connectivity index (χ3n) is 8.56. The maximum absolute atomic E-state index is 13.8. The Labute approximate surface area is 238 Å². The van der Waals surface area contributed by atoms with E-state index in [4.69, 9.17) is 0 Å². The van der Waals surface area contributed by atoms with Crippen molar-refractivity contribution in [3.63, 3.8) is 0 Å². The molecule has 1 heterocycles. The number of fused-ring (bicyclic) bond motifs is 1. The molecule has 1 saturated carbocycles. The smallest absolute Gasteiger partial charge is 0.307 e. The summed E-state index contributed by atoms with van der Waals surface area (Å²) in [7, 11) is 0. The van der Waals surface area contributed by atoms with Crippen molar-refractivity contribution in [2.75, 3.05) is 5.32 Å². The van der Waals surface area contributed by atoms with Crippen LogP contribution in [-0.2, 0) is 29.0 Å². The summed E-state index contributed by atoms with van der Waals surface area (Å²) in [5.41, 5.74) is 6.05. The molecular weight excluding hydrogens is 514 g/mol. The molecule has 2 unspecified atom stereocenters.